The summed E-state index contributed by atoms with van der Waals surface area (Å²) in [6.07, 6.45) is -3.13. The first-order valence-electron chi connectivity index (χ1n) is 10.9. The van der Waals surface area contributed by atoms with E-state index in [1.165, 1.54) is 29.6 Å². The van der Waals surface area contributed by atoms with Crippen LogP contribution in [0.1, 0.15) is 41.3 Å². The molecule has 1 saturated heterocycles. The van der Waals surface area contributed by atoms with Gasteiger partial charge in [-0.05, 0) is 37.6 Å². The first-order valence-corrected chi connectivity index (χ1v) is 12.7. The number of alkyl halides is 3. The topological polar surface area (TPSA) is 141 Å². The van der Waals surface area contributed by atoms with Crippen LogP contribution in [0.3, 0.4) is 0 Å². The fraction of sp³-hybridized carbons (Fsp3) is 0.409. The number of sulfonamides is 1. The van der Waals surface area contributed by atoms with Gasteiger partial charge in [-0.2, -0.15) is 13.2 Å². The Morgan fingerprint density at radius 1 is 1.28 bits per heavy atom. The fourth-order valence-electron chi connectivity index (χ4n) is 4.02. The Bertz CT molecular complexity index is 1420. The minimum atomic E-state index is -4.65. The summed E-state index contributed by atoms with van der Waals surface area (Å²) in [6.45, 7) is 1.99. The van der Waals surface area contributed by atoms with E-state index < -0.39 is 39.9 Å². The molecule has 3 N–H and O–H groups in total. The molecule has 36 heavy (non-hydrogen) atoms. The van der Waals surface area contributed by atoms with Crippen LogP contribution < -0.4 is 15.8 Å². The van der Waals surface area contributed by atoms with Crippen LogP contribution >= 0.6 is 0 Å². The molecule has 1 aliphatic rings. The molecule has 0 radical (unpaired) electrons. The first-order chi connectivity index (χ1) is 16.8. The number of carbonyl (C=O) groups excluding carboxylic acids is 1. The molecule has 0 aliphatic carbocycles. The summed E-state index contributed by atoms with van der Waals surface area (Å²) >= 11 is 0. The van der Waals surface area contributed by atoms with Crippen molar-refractivity contribution < 1.29 is 35.5 Å². The molecule has 1 amide bonds. The second-order valence-corrected chi connectivity index (χ2v) is 10.5. The summed E-state index contributed by atoms with van der Waals surface area (Å²) < 4.78 is 75.5. The predicted octanol–water partition coefficient (Wildman–Crippen LogP) is 2.70. The molecule has 3 heterocycles. The molecule has 194 valence electrons. The van der Waals surface area contributed by atoms with Crippen LogP contribution in [-0.4, -0.2) is 61.1 Å². The Kier molecular flexibility index (Phi) is 6.70. The zero-order valence-corrected chi connectivity index (χ0v) is 20.4. The van der Waals surface area contributed by atoms with Crippen LogP contribution in [-0.2, 0) is 16.2 Å². The molecule has 10 nitrogen and oxygen atoms in total. The highest BCUT2D eigenvalue weighted by Crippen LogP contribution is 2.37. The number of pyridine rings is 1. The number of benzene rings is 1. The van der Waals surface area contributed by atoms with Gasteiger partial charge in [0.1, 0.15) is 17.0 Å². The highest BCUT2D eigenvalue weighted by atomic mass is 32.2. The average molecular weight is 528 g/mol. The maximum atomic E-state index is 13.2. The van der Waals surface area contributed by atoms with Crippen LogP contribution in [0.5, 0.6) is 5.75 Å². The van der Waals surface area contributed by atoms with Gasteiger partial charge in [0.25, 0.3) is 5.91 Å². The SMILES string of the molecule is COc1ccc(-c2nc(C(=O)N[C@H]3CCN(S(C)(=O)=O)C3)c([C@H](C)N)o2)c2ccc(C(F)(F)F)nc12. The van der Waals surface area contributed by atoms with Crippen molar-refractivity contribution in [3.8, 4) is 17.2 Å². The van der Waals surface area contributed by atoms with Gasteiger partial charge < -0.3 is 20.2 Å². The summed E-state index contributed by atoms with van der Waals surface area (Å²) in [5.74, 6) is -0.448. The van der Waals surface area contributed by atoms with Crippen molar-refractivity contribution in [3.05, 3.63) is 41.4 Å². The molecule has 1 aliphatic heterocycles. The summed E-state index contributed by atoms with van der Waals surface area (Å²) in [6, 6.07) is 3.87. The standard InChI is InChI=1S/C22H24F3N5O5S/c1-11(26)19-18(20(31)27-12-8-9-30(10-12)36(3,32)33)29-21(35-19)14-4-6-15(34-2)17-13(14)5-7-16(28-17)22(23,24)25/h4-7,11-12H,8-10,26H2,1-3H3,(H,27,31)/t11-,12-/m0/s1. The van der Waals surface area contributed by atoms with Crippen molar-refractivity contribution >= 4 is 26.8 Å². The Morgan fingerprint density at radius 2 is 2.00 bits per heavy atom. The summed E-state index contributed by atoms with van der Waals surface area (Å²) in [5, 5.41) is 3.03. The highest BCUT2D eigenvalue weighted by Gasteiger charge is 2.34. The molecule has 0 bridgehead atoms. The van der Waals surface area contributed by atoms with Crippen LogP contribution in [0.15, 0.2) is 28.7 Å². The minimum absolute atomic E-state index is 0.0363. The molecule has 2 aromatic heterocycles. The molecule has 1 aromatic carbocycles. The summed E-state index contributed by atoms with van der Waals surface area (Å²) in [4.78, 5) is 21.1. The molecule has 2 atom stereocenters. The van der Waals surface area contributed by atoms with Crippen molar-refractivity contribution in [1.29, 1.82) is 0 Å². The number of amides is 1. The van der Waals surface area contributed by atoms with Gasteiger partial charge in [0.05, 0.1) is 19.4 Å². The maximum Gasteiger partial charge on any atom is 0.433 e. The van der Waals surface area contributed by atoms with Crippen molar-refractivity contribution in [2.24, 2.45) is 5.73 Å². The smallest absolute Gasteiger partial charge is 0.433 e. The van der Waals surface area contributed by atoms with Gasteiger partial charge >= 0.3 is 6.18 Å². The molecule has 1 fully saturated rings. The number of aromatic nitrogens is 2. The second kappa shape index (κ2) is 9.33. The summed E-state index contributed by atoms with van der Waals surface area (Å²) in [5.41, 5.74) is 5.05. The van der Waals surface area contributed by atoms with E-state index in [1.54, 1.807) is 6.92 Å². The van der Waals surface area contributed by atoms with Gasteiger partial charge in [-0.15, -0.1) is 0 Å². The third kappa shape index (κ3) is 5.01. The third-order valence-corrected chi connectivity index (χ3v) is 7.07. The number of fused-ring (bicyclic) bond motifs is 1. The lowest BCUT2D eigenvalue weighted by molar-refractivity contribution is -0.140. The number of methoxy groups -OCH3 is 1. The lowest BCUT2D eigenvalue weighted by Crippen LogP contribution is -2.38. The van der Waals surface area contributed by atoms with Gasteiger partial charge in [0.15, 0.2) is 11.5 Å². The number of rotatable bonds is 6. The molecule has 3 aromatic rings. The van der Waals surface area contributed by atoms with Gasteiger partial charge in [-0.3, -0.25) is 4.79 Å². The molecule has 14 heteroatoms. The number of ether oxygens (including phenoxy) is 1. The zero-order chi connectivity index (χ0) is 26.4. The van der Waals surface area contributed by atoms with E-state index >= 15 is 0 Å². The fourth-order valence-corrected chi connectivity index (χ4v) is 4.91. The van der Waals surface area contributed by atoms with Gasteiger partial charge in [0, 0.05) is 30.1 Å². The Morgan fingerprint density at radius 3 is 2.58 bits per heavy atom. The van der Waals surface area contributed by atoms with E-state index in [0.29, 0.717) is 6.42 Å². The molecule has 0 unspecified atom stereocenters. The number of nitrogens with one attached hydrogen (secondary N) is 1. The predicted molar refractivity (Wildman–Crippen MR) is 124 cm³/mol. The monoisotopic (exact) mass is 527 g/mol. The van der Waals surface area contributed by atoms with Crippen LogP contribution in [0, 0.1) is 0 Å². The van der Waals surface area contributed by atoms with Gasteiger partial charge in [-0.25, -0.2) is 22.7 Å². The lowest BCUT2D eigenvalue weighted by Gasteiger charge is -2.14. The van der Waals surface area contributed by atoms with E-state index in [0.717, 1.165) is 12.3 Å². The number of nitrogens with zero attached hydrogens (tertiary/aromatic N) is 3. The molecular formula is C22H24F3N5O5S. The largest absolute Gasteiger partial charge is 0.494 e. The van der Waals surface area contributed by atoms with Gasteiger partial charge in [0.2, 0.25) is 15.9 Å². The van der Waals surface area contributed by atoms with Crippen LogP contribution in [0.2, 0.25) is 0 Å². The van der Waals surface area contributed by atoms with E-state index in [1.807, 2.05) is 0 Å². The first kappa shape index (κ1) is 25.9. The lowest BCUT2D eigenvalue weighted by atomic mass is 10.1. The van der Waals surface area contributed by atoms with E-state index in [4.69, 9.17) is 14.9 Å². The molecule has 0 spiro atoms. The van der Waals surface area contributed by atoms with Crippen molar-refractivity contribution in [3.63, 3.8) is 0 Å². The number of nitrogens with two attached hydrogens (primary N) is 1. The zero-order valence-electron chi connectivity index (χ0n) is 19.6. The maximum absolute atomic E-state index is 13.2. The Hall–Kier alpha value is -3.23. The summed E-state index contributed by atoms with van der Waals surface area (Å²) in [7, 11) is -2.08. The Balaban J connectivity index is 1.72. The Labute approximate surface area is 204 Å². The van der Waals surface area contributed by atoms with Crippen LogP contribution in [0.25, 0.3) is 22.4 Å². The molecule has 0 saturated carbocycles. The number of halogens is 3. The highest BCUT2D eigenvalue weighted by molar-refractivity contribution is 7.88. The van der Waals surface area contributed by atoms with Crippen molar-refractivity contribution in [2.75, 3.05) is 26.5 Å². The van der Waals surface area contributed by atoms with Crippen molar-refractivity contribution in [2.45, 2.75) is 31.6 Å². The van der Waals surface area contributed by atoms with Crippen LogP contribution in [0.4, 0.5) is 13.2 Å². The van der Waals surface area contributed by atoms with Gasteiger partial charge in [-0.1, -0.05) is 0 Å². The minimum Gasteiger partial charge on any atom is -0.494 e. The van der Waals surface area contributed by atoms with E-state index in [-0.39, 0.29) is 52.7 Å². The number of carbonyl (C=O) groups is 1. The number of hydrogen-bond donors (Lipinski definition) is 2. The third-order valence-electron chi connectivity index (χ3n) is 5.80. The number of oxazole rings is 1. The second-order valence-electron chi connectivity index (χ2n) is 8.51. The van der Waals surface area contributed by atoms with Crippen molar-refractivity contribution in [1.82, 2.24) is 19.6 Å². The van der Waals surface area contributed by atoms with E-state index in [9.17, 15) is 26.4 Å². The average Bonchev–Trinajstić information content (AvgIpc) is 3.45. The quantitative estimate of drug-likeness (QED) is 0.499. The molecular weight excluding hydrogens is 503 g/mol. The van der Waals surface area contributed by atoms with E-state index in [2.05, 4.69) is 15.3 Å². The molecule has 4 rings (SSSR count). The number of hydrogen-bond acceptors (Lipinski definition) is 8. The normalized spacial score (nSPS) is 17.9.